The monoisotopic (exact) mass is 224 g/mol. The van der Waals surface area contributed by atoms with Crippen molar-refractivity contribution in [3.63, 3.8) is 0 Å². The molecule has 0 aromatic heterocycles. The molecular weight excluding hydrogens is 204 g/mol. The zero-order valence-electron chi connectivity index (χ0n) is 9.09. The molecule has 0 aliphatic rings. The van der Waals surface area contributed by atoms with Gasteiger partial charge in [-0.25, -0.2) is 0 Å². The van der Waals surface area contributed by atoms with Crippen LogP contribution in [0, 0.1) is 0 Å². The number of rotatable bonds is 5. The van der Waals surface area contributed by atoms with Gasteiger partial charge in [0.1, 0.15) is 5.05 Å². The zero-order chi connectivity index (χ0) is 10.3. The average Bonchev–Trinajstić information content (AvgIpc) is 2.07. The summed E-state index contributed by atoms with van der Waals surface area (Å²) >= 11 is 1.07. The smallest absolute Gasteiger partial charge is 0.191 e. The maximum absolute atomic E-state index is 5.58. The molecule has 0 fully saturated rings. The predicted octanol–water partition coefficient (Wildman–Crippen LogP) is -0.0498. The summed E-state index contributed by atoms with van der Waals surface area (Å²) in [4.78, 5) is 0. The van der Waals surface area contributed by atoms with Crippen LogP contribution in [0.25, 0.3) is 0 Å². The van der Waals surface area contributed by atoms with E-state index in [0.29, 0.717) is 13.2 Å². The molecule has 0 atom stereocenters. The molecule has 0 N–H and O–H groups in total. The topological polar surface area (TPSA) is 27.7 Å². The van der Waals surface area contributed by atoms with E-state index in [1.165, 1.54) is 0 Å². The normalized spacial score (nSPS) is 14.3. The quantitative estimate of drug-likeness (QED) is 0.307. The minimum absolute atomic E-state index is 0.561. The van der Waals surface area contributed by atoms with Crippen molar-refractivity contribution in [3.8, 4) is 0 Å². The molecule has 80 valence electrons. The summed E-state index contributed by atoms with van der Waals surface area (Å²) in [6, 6.07) is 0. The van der Waals surface area contributed by atoms with Gasteiger partial charge in [0.15, 0.2) is 5.41 Å². The summed E-state index contributed by atoms with van der Waals surface area (Å²) in [6.45, 7) is 5.22. The van der Waals surface area contributed by atoms with Gasteiger partial charge >= 0.3 is 0 Å². The van der Waals surface area contributed by atoms with Gasteiger partial charge in [-0.3, -0.25) is 0 Å². The minimum atomic E-state index is -0.561. The molecule has 0 spiro atoms. The fraction of sp³-hybridized carbons (Fsp3) is 0.875. The van der Waals surface area contributed by atoms with Crippen LogP contribution in [0.4, 0.5) is 0 Å². The molecule has 13 heavy (non-hydrogen) atoms. The lowest BCUT2D eigenvalue weighted by Crippen LogP contribution is -2.45. The third kappa shape index (κ3) is 3.91. The van der Waals surface area contributed by atoms with Gasteiger partial charge in [-0.1, -0.05) is 0 Å². The molecule has 0 bridgehead atoms. The van der Waals surface area contributed by atoms with E-state index in [4.69, 9.17) is 14.2 Å². The first-order valence-corrected chi connectivity index (χ1v) is 6.77. The van der Waals surface area contributed by atoms with Crippen molar-refractivity contribution in [3.05, 3.63) is 0 Å². The van der Waals surface area contributed by atoms with E-state index in [1.807, 2.05) is 20.1 Å². The van der Waals surface area contributed by atoms with Gasteiger partial charge < -0.3 is 14.2 Å². The van der Waals surface area contributed by atoms with E-state index >= 15 is 0 Å². The van der Waals surface area contributed by atoms with E-state index < -0.39 is 5.41 Å². The van der Waals surface area contributed by atoms with Crippen LogP contribution < -0.4 is 0 Å². The number of ether oxygens (including phenoxy) is 3. The highest BCUT2D eigenvalue weighted by molar-refractivity contribution is 7.98. The Bertz CT molecular complexity index is 167. The third-order valence-corrected chi connectivity index (χ3v) is 4.07. The molecule has 0 heterocycles. The molecule has 0 aromatic carbocycles. The Hall–Kier alpha value is 0.317. The summed E-state index contributed by atoms with van der Waals surface area (Å²) in [6.07, 6.45) is 2.02. The Morgan fingerprint density at radius 1 is 1.31 bits per heavy atom. The molecule has 0 rings (SSSR count). The summed E-state index contributed by atoms with van der Waals surface area (Å²) < 4.78 is 16.4. The van der Waals surface area contributed by atoms with Gasteiger partial charge in [0.25, 0.3) is 0 Å². The van der Waals surface area contributed by atoms with Crippen LogP contribution in [0.15, 0.2) is 0 Å². The molecule has 0 radical (unpaired) electrons. The summed E-state index contributed by atoms with van der Waals surface area (Å²) in [5.41, 5.74) is -0.561. The molecular formula is C8H20O3SSi. The number of hydrogen-bond donors (Lipinski definition) is 1. The van der Waals surface area contributed by atoms with Crippen LogP contribution in [0.3, 0.4) is 0 Å². The van der Waals surface area contributed by atoms with Crippen molar-refractivity contribution >= 4 is 26.6 Å². The third-order valence-electron chi connectivity index (χ3n) is 1.62. The second-order valence-electron chi connectivity index (χ2n) is 2.54. The summed E-state index contributed by atoms with van der Waals surface area (Å²) in [5.74, 6) is 0. The van der Waals surface area contributed by atoms with E-state index in [9.17, 15) is 0 Å². The number of thiol groups is 1. The Labute approximate surface area is 87.1 Å². The molecule has 0 aromatic rings. The van der Waals surface area contributed by atoms with Crippen molar-refractivity contribution in [2.75, 3.05) is 26.6 Å². The Balaban J connectivity index is 4.54. The second kappa shape index (κ2) is 6.72. The summed E-state index contributed by atoms with van der Waals surface area (Å²) in [5, 5.41) is 0.864. The van der Waals surface area contributed by atoms with E-state index in [2.05, 4.69) is 0 Å². The Morgan fingerprint density at radius 2 is 1.77 bits per heavy atom. The van der Waals surface area contributed by atoms with Crippen molar-refractivity contribution in [1.29, 1.82) is 0 Å². The van der Waals surface area contributed by atoms with Crippen LogP contribution in [0.1, 0.15) is 13.8 Å². The number of hydrogen-bond acceptors (Lipinski definition) is 3. The lowest BCUT2D eigenvalue weighted by atomic mass is 10.6. The molecule has 0 unspecified atom stereocenters. The van der Waals surface area contributed by atoms with E-state index in [-0.39, 0.29) is 0 Å². The Morgan fingerprint density at radius 3 is 2.00 bits per heavy atom. The van der Waals surface area contributed by atoms with Crippen LogP contribution in [0.2, 0.25) is 0 Å². The van der Waals surface area contributed by atoms with Crippen molar-refractivity contribution in [1.82, 2.24) is 0 Å². The maximum Gasteiger partial charge on any atom is 0.191 e. The van der Waals surface area contributed by atoms with Gasteiger partial charge in [-0.15, -0.1) is 0 Å². The van der Waals surface area contributed by atoms with Crippen molar-refractivity contribution < 1.29 is 14.2 Å². The maximum atomic E-state index is 5.58. The average molecular weight is 224 g/mol. The van der Waals surface area contributed by atoms with Crippen LogP contribution in [-0.4, -0.2) is 47.3 Å². The predicted molar refractivity (Wildman–Crippen MR) is 62.8 cm³/mol. The lowest BCUT2D eigenvalue weighted by Gasteiger charge is -2.30. The SMILES string of the molecule is CCOC([SiH3])(OCC)C(OC)=[SH]C. The molecule has 0 aliphatic carbocycles. The lowest BCUT2D eigenvalue weighted by molar-refractivity contribution is -0.132. The van der Waals surface area contributed by atoms with Crippen LogP contribution in [-0.2, 0) is 14.2 Å². The standard InChI is InChI=1S/C8H20O3SSi/c1-5-10-8(13,11-6-2)7(9-3)12-4/h12H,5-6H2,1-4,13H3. The molecule has 3 nitrogen and oxygen atoms in total. The molecule has 0 aliphatic heterocycles. The highest BCUT2D eigenvalue weighted by Crippen LogP contribution is 2.14. The zero-order valence-corrected chi connectivity index (χ0v) is 12.0. The van der Waals surface area contributed by atoms with Gasteiger partial charge in [-0.05, 0) is 20.1 Å². The van der Waals surface area contributed by atoms with Crippen LogP contribution >= 0.6 is 11.4 Å². The fourth-order valence-corrected chi connectivity index (χ4v) is 3.37. The van der Waals surface area contributed by atoms with E-state index in [0.717, 1.165) is 26.6 Å². The van der Waals surface area contributed by atoms with Gasteiger partial charge in [0, 0.05) is 20.3 Å². The highest BCUT2D eigenvalue weighted by atomic mass is 32.1. The van der Waals surface area contributed by atoms with E-state index in [1.54, 1.807) is 7.11 Å². The first kappa shape index (κ1) is 13.3. The summed E-state index contributed by atoms with van der Waals surface area (Å²) in [7, 11) is 2.44. The van der Waals surface area contributed by atoms with Gasteiger partial charge in [0.05, 0.1) is 10.2 Å². The number of methoxy groups -OCH3 is 1. The van der Waals surface area contributed by atoms with Crippen molar-refractivity contribution in [2.45, 2.75) is 19.3 Å². The molecule has 5 heteroatoms. The molecule has 0 amide bonds. The van der Waals surface area contributed by atoms with Crippen LogP contribution in [0.5, 0.6) is 0 Å². The Kier molecular flexibility index (Phi) is 6.89. The second-order valence-corrected chi connectivity index (χ2v) is 4.71. The molecule has 0 saturated carbocycles. The minimum Gasteiger partial charge on any atom is -0.348 e. The van der Waals surface area contributed by atoms with Crippen molar-refractivity contribution in [2.24, 2.45) is 0 Å². The fourth-order valence-electron chi connectivity index (χ4n) is 1.20. The largest absolute Gasteiger partial charge is 0.348 e. The van der Waals surface area contributed by atoms with Gasteiger partial charge in [0.2, 0.25) is 0 Å². The highest BCUT2D eigenvalue weighted by Gasteiger charge is 2.29. The molecule has 0 saturated heterocycles. The first-order valence-electron chi connectivity index (χ1n) is 4.43. The first-order chi connectivity index (χ1) is 6.14. The van der Waals surface area contributed by atoms with Gasteiger partial charge in [-0.2, -0.15) is 11.4 Å².